The Morgan fingerprint density at radius 1 is 1.47 bits per heavy atom. The Labute approximate surface area is 116 Å². The van der Waals surface area contributed by atoms with Crippen LogP contribution in [-0.2, 0) is 0 Å². The number of hydrogen-bond acceptors (Lipinski definition) is 4. The van der Waals surface area contributed by atoms with Crippen LogP contribution in [0.25, 0.3) is 11.4 Å². The third-order valence-electron chi connectivity index (χ3n) is 2.74. The van der Waals surface area contributed by atoms with Gasteiger partial charge in [-0.2, -0.15) is 4.98 Å². The molecule has 0 saturated heterocycles. The van der Waals surface area contributed by atoms with Gasteiger partial charge in [-0.1, -0.05) is 30.6 Å². The highest BCUT2D eigenvalue weighted by Gasteiger charge is 2.15. The van der Waals surface area contributed by atoms with Crippen LogP contribution < -0.4 is 5.32 Å². The van der Waals surface area contributed by atoms with Gasteiger partial charge in [0.15, 0.2) is 0 Å². The number of halogens is 2. The minimum atomic E-state index is -0.463. The molecule has 0 bridgehead atoms. The van der Waals surface area contributed by atoms with Gasteiger partial charge in [0, 0.05) is 18.0 Å². The average Bonchev–Trinajstić information content (AvgIpc) is 2.89. The fourth-order valence-corrected chi connectivity index (χ4v) is 1.82. The highest BCUT2D eigenvalue weighted by atomic mass is 35.5. The van der Waals surface area contributed by atoms with Crippen molar-refractivity contribution in [1.82, 2.24) is 15.5 Å². The van der Waals surface area contributed by atoms with Crippen molar-refractivity contribution < 1.29 is 8.91 Å². The molecule has 1 heterocycles. The summed E-state index contributed by atoms with van der Waals surface area (Å²) in [7, 11) is 0. The lowest BCUT2D eigenvalue weighted by Crippen LogP contribution is -2.19. The Morgan fingerprint density at radius 3 is 2.95 bits per heavy atom. The summed E-state index contributed by atoms with van der Waals surface area (Å²) in [5, 5.41) is 7.15. The zero-order valence-corrected chi connectivity index (χ0v) is 11.5. The second-order valence-electron chi connectivity index (χ2n) is 4.29. The summed E-state index contributed by atoms with van der Waals surface area (Å²) >= 11 is 5.73. The maximum absolute atomic E-state index is 13.1. The second-order valence-corrected chi connectivity index (χ2v) is 4.70. The van der Waals surface area contributed by atoms with Crippen LogP contribution in [0.3, 0.4) is 0 Å². The van der Waals surface area contributed by atoms with E-state index in [1.165, 1.54) is 12.1 Å². The van der Waals surface area contributed by atoms with Crippen LogP contribution in [0.4, 0.5) is 4.39 Å². The van der Waals surface area contributed by atoms with E-state index >= 15 is 0 Å². The first kappa shape index (κ1) is 14.0. The fourth-order valence-electron chi connectivity index (χ4n) is 1.64. The molecule has 1 atom stereocenters. The molecule has 0 aliphatic heterocycles. The van der Waals surface area contributed by atoms with Crippen molar-refractivity contribution in [2.45, 2.75) is 19.8 Å². The normalized spacial score (nSPS) is 12.6. The summed E-state index contributed by atoms with van der Waals surface area (Å²) in [4.78, 5) is 4.31. The molecule has 4 nitrogen and oxygen atoms in total. The lowest BCUT2D eigenvalue weighted by molar-refractivity contribution is 0.355. The van der Waals surface area contributed by atoms with Crippen LogP contribution in [0.2, 0.25) is 5.02 Å². The SMILES string of the molecule is CCNCC(C)c1nc(-c2ccc(F)c(Cl)c2)no1. The lowest BCUT2D eigenvalue weighted by atomic mass is 10.2. The number of nitrogens with one attached hydrogen (secondary N) is 1. The summed E-state index contributed by atoms with van der Waals surface area (Å²) < 4.78 is 18.3. The fraction of sp³-hybridized carbons (Fsp3) is 0.385. The van der Waals surface area contributed by atoms with E-state index in [4.69, 9.17) is 16.1 Å². The van der Waals surface area contributed by atoms with Crippen LogP contribution in [-0.4, -0.2) is 23.2 Å². The molecule has 1 aromatic heterocycles. The molecule has 6 heteroatoms. The molecule has 0 fully saturated rings. The molecule has 2 aromatic rings. The number of nitrogens with zero attached hydrogens (tertiary/aromatic N) is 2. The number of rotatable bonds is 5. The topological polar surface area (TPSA) is 51.0 Å². The number of aromatic nitrogens is 2. The van der Waals surface area contributed by atoms with Crippen LogP contribution >= 0.6 is 11.6 Å². The molecule has 1 aromatic carbocycles. The van der Waals surface area contributed by atoms with Gasteiger partial charge in [-0.05, 0) is 24.7 Å². The predicted octanol–water partition coefficient (Wildman–Crippen LogP) is 3.24. The highest BCUT2D eigenvalue weighted by Crippen LogP contribution is 2.24. The van der Waals surface area contributed by atoms with E-state index < -0.39 is 5.82 Å². The Hall–Kier alpha value is -1.46. The summed E-state index contributed by atoms with van der Waals surface area (Å²) in [6, 6.07) is 4.35. The van der Waals surface area contributed by atoms with Crippen molar-refractivity contribution >= 4 is 11.6 Å². The van der Waals surface area contributed by atoms with E-state index in [0.717, 1.165) is 13.1 Å². The van der Waals surface area contributed by atoms with Crippen molar-refractivity contribution in [3.63, 3.8) is 0 Å². The van der Waals surface area contributed by atoms with Gasteiger partial charge in [0.05, 0.1) is 5.02 Å². The van der Waals surface area contributed by atoms with E-state index in [-0.39, 0.29) is 10.9 Å². The molecule has 1 N–H and O–H groups in total. The Bertz CT molecular complexity index is 559. The van der Waals surface area contributed by atoms with E-state index in [2.05, 4.69) is 15.5 Å². The smallest absolute Gasteiger partial charge is 0.231 e. The molecule has 0 aliphatic rings. The van der Waals surface area contributed by atoms with Crippen LogP contribution in [0.1, 0.15) is 25.7 Å². The van der Waals surface area contributed by atoms with Crippen LogP contribution in [0.5, 0.6) is 0 Å². The van der Waals surface area contributed by atoms with E-state index in [1.807, 2.05) is 13.8 Å². The maximum Gasteiger partial charge on any atom is 0.231 e. The van der Waals surface area contributed by atoms with E-state index in [0.29, 0.717) is 17.3 Å². The first-order valence-electron chi connectivity index (χ1n) is 6.11. The third kappa shape index (κ3) is 3.30. The number of hydrogen-bond donors (Lipinski definition) is 1. The molecule has 0 saturated carbocycles. The minimum absolute atomic E-state index is 0.0459. The van der Waals surface area contributed by atoms with Crippen LogP contribution in [0.15, 0.2) is 22.7 Å². The largest absolute Gasteiger partial charge is 0.339 e. The van der Waals surface area contributed by atoms with Gasteiger partial charge >= 0.3 is 0 Å². The molecule has 19 heavy (non-hydrogen) atoms. The minimum Gasteiger partial charge on any atom is -0.339 e. The lowest BCUT2D eigenvalue weighted by Gasteiger charge is -2.05. The van der Waals surface area contributed by atoms with E-state index in [9.17, 15) is 4.39 Å². The standard InChI is InChI=1S/C13H15ClFN3O/c1-3-16-7-8(2)13-17-12(18-19-13)9-4-5-11(15)10(14)6-9/h4-6,8,16H,3,7H2,1-2H3. The van der Waals surface area contributed by atoms with Gasteiger partial charge in [0.1, 0.15) is 5.82 Å². The second kappa shape index (κ2) is 6.12. The van der Waals surface area contributed by atoms with Crippen molar-refractivity contribution in [2.75, 3.05) is 13.1 Å². The number of likely N-dealkylation sites (N-methyl/N-ethyl adjacent to an activating group) is 1. The molecular formula is C13H15ClFN3O. The maximum atomic E-state index is 13.1. The Morgan fingerprint density at radius 2 is 2.26 bits per heavy atom. The summed E-state index contributed by atoms with van der Waals surface area (Å²) in [5.41, 5.74) is 0.636. The third-order valence-corrected chi connectivity index (χ3v) is 3.03. The Balaban J connectivity index is 2.18. The number of benzene rings is 1. The molecule has 0 radical (unpaired) electrons. The molecule has 102 valence electrons. The first-order chi connectivity index (χ1) is 9.11. The van der Waals surface area contributed by atoms with Gasteiger partial charge in [0.2, 0.25) is 11.7 Å². The molecule has 1 unspecified atom stereocenters. The quantitative estimate of drug-likeness (QED) is 0.915. The first-order valence-corrected chi connectivity index (χ1v) is 6.49. The van der Waals surface area contributed by atoms with Gasteiger partial charge in [-0.3, -0.25) is 0 Å². The molecule has 0 amide bonds. The molecule has 0 aliphatic carbocycles. The molecular weight excluding hydrogens is 269 g/mol. The van der Waals surface area contributed by atoms with Crippen LogP contribution in [0, 0.1) is 5.82 Å². The zero-order valence-electron chi connectivity index (χ0n) is 10.8. The van der Waals surface area contributed by atoms with E-state index in [1.54, 1.807) is 6.07 Å². The van der Waals surface area contributed by atoms with Gasteiger partial charge in [-0.15, -0.1) is 0 Å². The van der Waals surface area contributed by atoms with Gasteiger partial charge < -0.3 is 9.84 Å². The van der Waals surface area contributed by atoms with Crippen molar-refractivity contribution in [3.05, 3.63) is 34.9 Å². The highest BCUT2D eigenvalue weighted by molar-refractivity contribution is 6.31. The Kier molecular flexibility index (Phi) is 4.50. The zero-order chi connectivity index (χ0) is 13.8. The van der Waals surface area contributed by atoms with Crippen molar-refractivity contribution in [1.29, 1.82) is 0 Å². The average molecular weight is 284 g/mol. The predicted molar refractivity (Wildman–Crippen MR) is 71.7 cm³/mol. The van der Waals surface area contributed by atoms with Crippen molar-refractivity contribution in [3.8, 4) is 11.4 Å². The molecule has 0 spiro atoms. The van der Waals surface area contributed by atoms with Gasteiger partial charge in [-0.25, -0.2) is 4.39 Å². The molecule has 2 rings (SSSR count). The monoisotopic (exact) mass is 283 g/mol. The summed E-state index contributed by atoms with van der Waals surface area (Å²) in [6.07, 6.45) is 0. The van der Waals surface area contributed by atoms with Crippen molar-refractivity contribution in [2.24, 2.45) is 0 Å². The van der Waals surface area contributed by atoms with Gasteiger partial charge in [0.25, 0.3) is 0 Å². The summed E-state index contributed by atoms with van der Waals surface area (Å²) in [5.74, 6) is 0.628. The summed E-state index contributed by atoms with van der Waals surface area (Å²) in [6.45, 7) is 5.69.